The zero-order valence-corrected chi connectivity index (χ0v) is 13.0. The molecule has 2 unspecified atom stereocenters. The highest BCUT2D eigenvalue weighted by Gasteiger charge is 2.38. The van der Waals surface area contributed by atoms with E-state index in [2.05, 4.69) is 14.8 Å². The molecular weight excluding hydrogens is 286 g/mol. The Morgan fingerprint density at radius 3 is 2.81 bits per heavy atom. The Morgan fingerprint density at radius 1 is 1.24 bits per heavy atom. The van der Waals surface area contributed by atoms with Crippen molar-refractivity contribution in [3.05, 3.63) is 23.0 Å². The van der Waals surface area contributed by atoms with Gasteiger partial charge in [0.1, 0.15) is 5.69 Å². The number of carbonyl (C=O) groups excluding carboxylic acids is 1. The summed E-state index contributed by atoms with van der Waals surface area (Å²) in [5, 5.41) is 4.24. The first-order valence-corrected chi connectivity index (χ1v) is 8.53. The fourth-order valence-electron chi connectivity index (χ4n) is 3.92. The van der Waals surface area contributed by atoms with E-state index in [4.69, 9.17) is 11.6 Å². The molecule has 0 spiro atoms. The predicted octanol–water partition coefficient (Wildman–Crippen LogP) is 2.83. The summed E-state index contributed by atoms with van der Waals surface area (Å²) in [7, 11) is 0. The van der Waals surface area contributed by atoms with Crippen molar-refractivity contribution < 1.29 is 4.79 Å². The SMILES string of the molecule is O=C(c1cc(Cl)cn1C1CC1)N1CCCC1C1CCCN1. The Hall–Kier alpha value is -1.00. The van der Waals surface area contributed by atoms with Gasteiger partial charge in [0.05, 0.1) is 5.02 Å². The van der Waals surface area contributed by atoms with Crippen LogP contribution in [0.15, 0.2) is 12.3 Å². The number of rotatable bonds is 3. The second kappa shape index (κ2) is 5.33. The van der Waals surface area contributed by atoms with Crippen molar-refractivity contribution >= 4 is 17.5 Å². The molecule has 1 aromatic rings. The van der Waals surface area contributed by atoms with Crippen LogP contribution in [0.5, 0.6) is 0 Å². The van der Waals surface area contributed by atoms with Crippen molar-refractivity contribution in [1.29, 1.82) is 0 Å². The molecule has 4 rings (SSSR count). The smallest absolute Gasteiger partial charge is 0.270 e. The molecule has 3 aliphatic rings. The summed E-state index contributed by atoms with van der Waals surface area (Å²) < 4.78 is 2.10. The van der Waals surface area contributed by atoms with Gasteiger partial charge in [0.25, 0.3) is 5.91 Å². The minimum atomic E-state index is 0.171. The third-order valence-corrected chi connectivity index (χ3v) is 5.30. The maximum Gasteiger partial charge on any atom is 0.270 e. The summed E-state index contributed by atoms with van der Waals surface area (Å²) in [4.78, 5) is 15.1. The Kier molecular flexibility index (Phi) is 3.46. The van der Waals surface area contributed by atoms with E-state index in [1.807, 2.05) is 12.3 Å². The molecule has 2 aliphatic heterocycles. The summed E-state index contributed by atoms with van der Waals surface area (Å²) >= 11 is 6.15. The lowest BCUT2D eigenvalue weighted by Crippen LogP contribution is -2.47. The maximum atomic E-state index is 13.0. The van der Waals surface area contributed by atoms with Crippen LogP contribution in [0.3, 0.4) is 0 Å². The third kappa shape index (κ3) is 2.49. The molecule has 114 valence electrons. The third-order valence-electron chi connectivity index (χ3n) is 5.10. The Bertz CT molecular complexity index is 546. The molecule has 21 heavy (non-hydrogen) atoms. The number of hydrogen-bond donors (Lipinski definition) is 1. The molecular formula is C16H22ClN3O. The minimum absolute atomic E-state index is 0.171. The highest BCUT2D eigenvalue weighted by Crippen LogP contribution is 2.38. The average Bonchev–Trinajstić information content (AvgIpc) is 2.93. The van der Waals surface area contributed by atoms with Crippen LogP contribution in [0.2, 0.25) is 5.02 Å². The summed E-state index contributed by atoms with van der Waals surface area (Å²) in [5.41, 5.74) is 0.785. The molecule has 1 amide bonds. The number of amides is 1. The first-order valence-electron chi connectivity index (χ1n) is 8.16. The standard InChI is InChI=1S/C16H22ClN3O/c17-11-9-15(20(10-11)12-5-6-12)16(21)19-8-2-4-14(19)13-3-1-7-18-13/h9-10,12-14,18H,1-8H2. The van der Waals surface area contributed by atoms with Gasteiger partial charge in [-0.25, -0.2) is 0 Å². The number of nitrogens with zero attached hydrogens (tertiary/aromatic N) is 2. The van der Waals surface area contributed by atoms with Gasteiger partial charge in [-0.2, -0.15) is 0 Å². The molecule has 1 aromatic heterocycles. The minimum Gasteiger partial charge on any atom is -0.339 e. The van der Waals surface area contributed by atoms with Crippen LogP contribution < -0.4 is 5.32 Å². The number of nitrogens with one attached hydrogen (secondary N) is 1. The molecule has 0 bridgehead atoms. The van der Waals surface area contributed by atoms with Crippen LogP contribution in [-0.4, -0.2) is 40.5 Å². The summed E-state index contributed by atoms with van der Waals surface area (Å²) in [5.74, 6) is 0.171. The van der Waals surface area contributed by atoms with E-state index in [9.17, 15) is 4.79 Å². The lowest BCUT2D eigenvalue weighted by molar-refractivity contribution is 0.0700. The van der Waals surface area contributed by atoms with Crippen LogP contribution in [-0.2, 0) is 0 Å². The summed E-state index contributed by atoms with van der Waals surface area (Å²) in [6.45, 7) is 1.97. The molecule has 2 saturated heterocycles. The first kappa shape index (κ1) is 13.6. The molecule has 1 N–H and O–H groups in total. The van der Waals surface area contributed by atoms with Gasteiger partial charge in [-0.3, -0.25) is 4.79 Å². The molecule has 0 aromatic carbocycles. The van der Waals surface area contributed by atoms with Crippen molar-refractivity contribution in [1.82, 2.24) is 14.8 Å². The van der Waals surface area contributed by atoms with Crippen LogP contribution in [0.1, 0.15) is 55.1 Å². The van der Waals surface area contributed by atoms with Gasteiger partial charge in [-0.1, -0.05) is 11.6 Å². The van der Waals surface area contributed by atoms with Crippen molar-refractivity contribution in [3.63, 3.8) is 0 Å². The van der Waals surface area contributed by atoms with Crippen molar-refractivity contribution in [2.24, 2.45) is 0 Å². The van der Waals surface area contributed by atoms with E-state index in [1.54, 1.807) is 0 Å². The van der Waals surface area contributed by atoms with Crippen LogP contribution >= 0.6 is 11.6 Å². The van der Waals surface area contributed by atoms with E-state index in [0.717, 1.165) is 31.6 Å². The first-order chi connectivity index (χ1) is 10.2. The van der Waals surface area contributed by atoms with Crippen molar-refractivity contribution in [2.75, 3.05) is 13.1 Å². The van der Waals surface area contributed by atoms with Gasteiger partial charge < -0.3 is 14.8 Å². The molecule has 4 nitrogen and oxygen atoms in total. The fourth-order valence-corrected chi connectivity index (χ4v) is 4.13. The largest absolute Gasteiger partial charge is 0.339 e. The van der Waals surface area contributed by atoms with E-state index >= 15 is 0 Å². The monoisotopic (exact) mass is 307 g/mol. The highest BCUT2D eigenvalue weighted by molar-refractivity contribution is 6.31. The Morgan fingerprint density at radius 2 is 2.10 bits per heavy atom. The van der Waals surface area contributed by atoms with Crippen LogP contribution in [0.4, 0.5) is 0 Å². The van der Waals surface area contributed by atoms with Crippen LogP contribution in [0, 0.1) is 0 Å². The Labute approximate surface area is 130 Å². The molecule has 1 saturated carbocycles. The van der Waals surface area contributed by atoms with E-state index in [-0.39, 0.29) is 5.91 Å². The molecule has 1 aliphatic carbocycles. The van der Waals surface area contributed by atoms with Gasteiger partial charge in [0.15, 0.2) is 0 Å². The summed E-state index contributed by atoms with van der Waals surface area (Å²) in [6, 6.07) is 3.18. The molecule has 0 radical (unpaired) electrons. The normalized spacial score (nSPS) is 29.3. The zero-order chi connectivity index (χ0) is 14.4. The average molecular weight is 308 g/mol. The van der Waals surface area contributed by atoms with Gasteiger partial charge in [0.2, 0.25) is 0 Å². The van der Waals surface area contributed by atoms with Crippen molar-refractivity contribution in [2.45, 2.75) is 56.7 Å². The lowest BCUT2D eigenvalue weighted by Gasteiger charge is -2.30. The quantitative estimate of drug-likeness (QED) is 0.932. The van der Waals surface area contributed by atoms with E-state index in [0.29, 0.717) is 23.1 Å². The zero-order valence-electron chi connectivity index (χ0n) is 12.2. The van der Waals surface area contributed by atoms with E-state index < -0.39 is 0 Å². The van der Waals surface area contributed by atoms with Gasteiger partial charge in [0, 0.05) is 30.9 Å². The van der Waals surface area contributed by atoms with Crippen molar-refractivity contribution in [3.8, 4) is 0 Å². The Balaban J connectivity index is 1.58. The number of carbonyl (C=O) groups is 1. The lowest BCUT2D eigenvalue weighted by atomic mass is 10.0. The van der Waals surface area contributed by atoms with Crippen LogP contribution in [0.25, 0.3) is 0 Å². The number of hydrogen-bond acceptors (Lipinski definition) is 2. The van der Waals surface area contributed by atoms with Gasteiger partial charge in [-0.15, -0.1) is 0 Å². The van der Waals surface area contributed by atoms with Gasteiger partial charge in [-0.05, 0) is 51.1 Å². The molecule has 3 fully saturated rings. The maximum absolute atomic E-state index is 13.0. The number of aromatic nitrogens is 1. The topological polar surface area (TPSA) is 37.3 Å². The predicted molar refractivity (Wildman–Crippen MR) is 82.8 cm³/mol. The highest BCUT2D eigenvalue weighted by atomic mass is 35.5. The fraction of sp³-hybridized carbons (Fsp3) is 0.688. The second-order valence-electron chi connectivity index (χ2n) is 6.59. The molecule has 3 heterocycles. The van der Waals surface area contributed by atoms with E-state index in [1.165, 1.54) is 25.7 Å². The number of likely N-dealkylation sites (tertiary alicyclic amines) is 1. The molecule has 5 heteroatoms. The summed E-state index contributed by atoms with van der Waals surface area (Å²) in [6.07, 6.45) is 8.92. The second-order valence-corrected chi connectivity index (χ2v) is 7.03. The molecule has 2 atom stereocenters. The number of halogens is 1. The van der Waals surface area contributed by atoms with Gasteiger partial charge >= 0.3 is 0 Å².